The minimum absolute atomic E-state index is 0. The molecule has 0 unspecified atom stereocenters. The Morgan fingerprint density at radius 1 is 1.11 bits per heavy atom. The number of rotatable bonds is 1. The highest BCUT2D eigenvalue weighted by atomic mass is 28.3. The van der Waals surface area contributed by atoms with E-state index in [2.05, 4.69) is 43.4 Å². The van der Waals surface area contributed by atoms with Gasteiger partial charge in [0, 0.05) is 1.43 Å². The van der Waals surface area contributed by atoms with Gasteiger partial charge in [-0.2, -0.15) is 0 Å². The van der Waals surface area contributed by atoms with E-state index in [9.17, 15) is 0 Å². The number of hydrogen-bond acceptors (Lipinski definition) is 0. The molecule has 0 nitrogen and oxygen atoms in total. The molecule has 0 spiro atoms. The minimum atomic E-state index is -0.212. The Kier molecular flexibility index (Phi) is 2.06. The summed E-state index contributed by atoms with van der Waals surface area (Å²) in [6, 6.07) is 10.7. The predicted molar refractivity (Wildman–Crippen MR) is 45.7 cm³/mol. The van der Waals surface area contributed by atoms with Crippen LogP contribution in [0.4, 0.5) is 0 Å². The van der Waals surface area contributed by atoms with Crippen molar-refractivity contribution in [3.8, 4) is 0 Å². The molecule has 1 aromatic carbocycles. The molecule has 0 aliphatic rings. The number of hydrogen-bond donors (Lipinski definition) is 0. The molecule has 1 heteroatoms. The van der Waals surface area contributed by atoms with E-state index in [-0.39, 0.29) is 10.2 Å². The Hall–Kier alpha value is -0.563. The Labute approximate surface area is 59.6 Å². The molecule has 0 aliphatic heterocycles. The summed E-state index contributed by atoms with van der Waals surface area (Å²) in [6.45, 7) is 4.61. The van der Waals surface area contributed by atoms with Crippen LogP contribution in [0, 0.1) is 0 Å². The smallest absolute Gasteiger partial charge is 0.0671 e. The molecular formula is C8H13Si. The zero-order valence-electron chi connectivity index (χ0n) is 5.89. The lowest BCUT2D eigenvalue weighted by molar-refractivity contribution is 1.74. The standard InChI is InChI=1S/C8H11Si.H2/c1-9(2)8-6-4-3-5-7-8;/h3-7H,1-2H3;1H. The third kappa shape index (κ3) is 1.68. The average molecular weight is 137 g/mol. The molecule has 0 aromatic heterocycles. The van der Waals surface area contributed by atoms with Gasteiger partial charge in [0.1, 0.15) is 0 Å². The second-order valence-electron chi connectivity index (χ2n) is 2.37. The fourth-order valence-corrected chi connectivity index (χ4v) is 1.63. The average Bonchev–Trinajstić information content (AvgIpc) is 1.90. The van der Waals surface area contributed by atoms with Crippen molar-refractivity contribution < 1.29 is 1.43 Å². The first kappa shape index (κ1) is 6.56. The SMILES string of the molecule is C[Si](C)c1ccccc1.[HH]. The van der Waals surface area contributed by atoms with Crippen LogP contribution in [0.15, 0.2) is 30.3 Å². The summed E-state index contributed by atoms with van der Waals surface area (Å²) >= 11 is 0. The molecule has 0 bridgehead atoms. The van der Waals surface area contributed by atoms with Crippen molar-refractivity contribution in [1.29, 1.82) is 0 Å². The maximum atomic E-state index is 2.31. The van der Waals surface area contributed by atoms with Gasteiger partial charge in [-0.15, -0.1) is 0 Å². The predicted octanol–water partition coefficient (Wildman–Crippen LogP) is 1.89. The highest BCUT2D eigenvalue weighted by molar-refractivity contribution is 6.70. The molecule has 0 aliphatic carbocycles. The second kappa shape index (κ2) is 2.83. The highest BCUT2D eigenvalue weighted by Crippen LogP contribution is 1.85. The van der Waals surface area contributed by atoms with Gasteiger partial charge in [-0.1, -0.05) is 48.6 Å². The van der Waals surface area contributed by atoms with Crippen molar-refractivity contribution in [3.05, 3.63) is 30.3 Å². The first-order chi connectivity index (χ1) is 4.30. The Balaban J connectivity index is 0.000000810. The summed E-state index contributed by atoms with van der Waals surface area (Å²) in [6.07, 6.45) is 0. The monoisotopic (exact) mass is 137 g/mol. The fourth-order valence-electron chi connectivity index (χ4n) is 0.771. The molecule has 1 radical (unpaired) electrons. The topological polar surface area (TPSA) is 0 Å². The molecule has 0 heterocycles. The lowest BCUT2D eigenvalue weighted by Crippen LogP contribution is -2.21. The van der Waals surface area contributed by atoms with Crippen LogP contribution < -0.4 is 5.19 Å². The van der Waals surface area contributed by atoms with Crippen LogP contribution in [-0.4, -0.2) is 8.80 Å². The maximum Gasteiger partial charge on any atom is 0.0791 e. The van der Waals surface area contributed by atoms with Crippen LogP contribution in [0.25, 0.3) is 0 Å². The van der Waals surface area contributed by atoms with Crippen molar-refractivity contribution in [2.75, 3.05) is 0 Å². The molecule has 0 amide bonds. The third-order valence-corrected chi connectivity index (χ3v) is 2.84. The number of benzene rings is 1. The second-order valence-corrected chi connectivity index (χ2v) is 4.94. The van der Waals surface area contributed by atoms with Crippen LogP contribution >= 0.6 is 0 Å². The van der Waals surface area contributed by atoms with E-state index in [1.807, 2.05) is 0 Å². The van der Waals surface area contributed by atoms with Crippen LogP contribution in [0.5, 0.6) is 0 Å². The summed E-state index contributed by atoms with van der Waals surface area (Å²) < 4.78 is 0. The zero-order valence-corrected chi connectivity index (χ0v) is 6.89. The molecule has 1 rings (SSSR count). The highest BCUT2D eigenvalue weighted by Gasteiger charge is 1.95. The van der Waals surface area contributed by atoms with Crippen molar-refractivity contribution in [1.82, 2.24) is 0 Å². The molecule has 0 fully saturated rings. The van der Waals surface area contributed by atoms with Gasteiger partial charge in [-0.05, 0) is 0 Å². The lowest BCUT2D eigenvalue weighted by atomic mass is 10.4. The first-order valence-corrected chi connectivity index (χ1v) is 5.66. The summed E-state index contributed by atoms with van der Waals surface area (Å²) in [7, 11) is -0.212. The molecule has 0 saturated heterocycles. The van der Waals surface area contributed by atoms with E-state index in [1.165, 1.54) is 5.19 Å². The van der Waals surface area contributed by atoms with Gasteiger partial charge in [0.05, 0.1) is 8.80 Å². The van der Waals surface area contributed by atoms with E-state index in [0.29, 0.717) is 0 Å². The van der Waals surface area contributed by atoms with Crippen molar-refractivity contribution in [2.45, 2.75) is 13.1 Å². The van der Waals surface area contributed by atoms with Crippen LogP contribution in [0.3, 0.4) is 0 Å². The quantitative estimate of drug-likeness (QED) is 0.519. The molecule has 49 valence electrons. The van der Waals surface area contributed by atoms with Gasteiger partial charge in [-0.25, -0.2) is 0 Å². The lowest BCUT2D eigenvalue weighted by Gasteiger charge is -1.99. The van der Waals surface area contributed by atoms with E-state index in [1.54, 1.807) is 0 Å². The van der Waals surface area contributed by atoms with E-state index in [0.717, 1.165) is 0 Å². The summed E-state index contributed by atoms with van der Waals surface area (Å²) in [5.74, 6) is 0. The summed E-state index contributed by atoms with van der Waals surface area (Å²) in [5, 5.41) is 1.52. The van der Waals surface area contributed by atoms with E-state index < -0.39 is 0 Å². The molecule has 0 atom stereocenters. The van der Waals surface area contributed by atoms with E-state index in [4.69, 9.17) is 0 Å². The van der Waals surface area contributed by atoms with Crippen molar-refractivity contribution >= 4 is 14.0 Å². The molecule has 0 N–H and O–H groups in total. The van der Waals surface area contributed by atoms with Gasteiger partial charge < -0.3 is 0 Å². The maximum absolute atomic E-state index is 2.31. The van der Waals surface area contributed by atoms with Gasteiger partial charge in [0.15, 0.2) is 0 Å². The van der Waals surface area contributed by atoms with Crippen LogP contribution in [0.1, 0.15) is 1.43 Å². The van der Waals surface area contributed by atoms with Gasteiger partial charge >= 0.3 is 0 Å². The van der Waals surface area contributed by atoms with E-state index >= 15 is 0 Å². The van der Waals surface area contributed by atoms with Gasteiger partial charge in [0.25, 0.3) is 0 Å². The molecule has 0 saturated carbocycles. The van der Waals surface area contributed by atoms with Gasteiger partial charge in [0.2, 0.25) is 0 Å². The largest absolute Gasteiger partial charge is 0.0791 e. The van der Waals surface area contributed by atoms with Crippen molar-refractivity contribution in [2.24, 2.45) is 0 Å². The summed E-state index contributed by atoms with van der Waals surface area (Å²) in [4.78, 5) is 0. The Bertz CT molecular complexity index is 172. The molecular weight excluding hydrogens is 124 g/mol. The molecule has 9 heavy (non-hydrogen) atoms. The fraction of sp³-hybridized carbons (Fsp3) is 0.250. The Morgan fingerprint density at radius 2 is 1.67 bits per heavy atom. The van der Waals surface area contributed by atoms with Crippen molar-refractivity contribution in [3.63, 3.8) is 0 Å². The Morgan fingerprint density at radius 3 is 2.00 bits per heavy atom. The minimum Gasteiger partial charge on any atom is -0.0671 e. The van der Waals surface area contributed by atoms with Crippen LogP contribution in [-0.2, 0) is 0 Å². The normalized spacial score (nSPS) is 10.1. The summed E-state index contributed by atoms with van der Waals surface area (Å²) in [5.41, 5.74) is 0. The van der Waals surface area contributed by atoms with Crippen LogP contribution in [0.2, 0.25) is 13.1 Å². The molecule has 1 aromatic rings. The third-order valence-electron chi connectivity index (χ3n) is 1.35. The van der Waals surface area contributed by atoms with Gasteiger partial charge in [-0.3, -0.25) is 0 Å². The zero-order chi connectivity index (χ0) is 6.69. The first-order valence-electron chi connectivity index (χ1n) is 3.16.